The molecular weight excluding hydrogens is 365 g/mol. The van der Waals surface area contributed by atoms with Gasteiger partial charge in [0, 0.05) is 10.5 Å². The molecule has 0 bridgehead atoms. The van der Waals surface area contributed by atoms with Crippen LogP contribution in [0, 0.1) is 5.82 Å². The summed E-state index contributed by atoms with van der Waals surface area (Å²) in [5.41, 5.74) is -0.0396. The van der Waals surface area contributed by atoms with E-state index in [1.165, 1.54) is 12.1 Å². The first-order chi connectivity index (χ1) is 9.25. The summed E-state index contributed by atoms with van der Waals surface area (Å²) in [6.07, 6.45) is -4.74. The molecule has 2 rings (SSSR count). The topological polar surface area (TPSA) is 37.8 Å². The second-order valence-corrected chi connectivity index (χ2v) is 4.95. The Bertz CT molecular complexity index is 648. The lowest BCUT2D eigenvalue weighted by molar-refractivity contribution is -0.144. The van der Waals surface area contributed by atoms with Gasteiger partial charge in [-0.25, -0.2) is 14.4 Å². The first-order valence-corrected chi connectivity index (χ1v) is 6.26. The molecule has 0 atom stereocenters. The van der Waals surface area contributed by atoms with Crippen molar-refractivity contribution >= 4 is 39.0 Å². The number of rotatable bonds is 2. The molecule has 0 saturated carbocycles. The molecule has 0 unspecified atom stereocenters. The van der Waals surface area contributed by atoms with Crippen molar-refractivity contribution in [2.75, 3.05) is 5.32 Å². The van der Waals surface area contributed by atoms with Crippen LogP contribution in [-0.4, -0.2) is 9.97 Å². The van der Waals surface area contributed by atoms with Crippen molar-refractivity contribution in [2.45, 2.75) is 6.18 Å². The van der Waals surface area contributed by atoms with E-state index >= 15 is 0 Å². The van der Waals surface area contributed by atoms with Crippen LogP contribution >= 0.6 is 27.5 Å². The number of aromatic nitrogens is 2. The highest BCUT2D eigenvalue weighted by atomic mass is 79.9. The van der Waals surface area contributed by atoms with Crippen LogP contribution in [0.25, 0.3) is 0 Å². The van der Waals surface area contributed by atoms with E-state index in [2.05, 4.69) is 31.2 Å². The van der Waals surface area contributed by atoms with Gasteiger partial charge in [0.05, 0.1) is 5.69 Å². The molecular formula is C11H5BrClF4N3. The lowest BCUT2D eigenvalue weighted by atomic mass is 10.3. The van der Waals surface area contributed by atoms with Crippen LogP contribution in [0.3, 0.4) is 0 Å². The fourth-order valence-corrected chi connectivity index (χ4v) is 1.88. The second-order valence-electron chi connectivity index (χ2n) is 3.65. The summed E-state index contributed by atoms with van der Waals surface area (Å²) in [7, 11) is 0. The van der Waals surface area contributed by atoms with Crippen molar-refractivity contribution in [3.05, 3.63) is 45.5 Å². The predicted molar refractivity (Wildman–Crippen MR) is 69.4 cm³/mol. The van der Waals surface area contributed by atoms with E-state index in [-0.39, 0.29) is 11.5 Å². The van der Waals surface area contributed by atoms with Crippen LogP contribution < -0.4 is 5.32 Å². The molecule has 0 aliphatic carbocycles. The van der Waals surface area contributed by atoms with Crippen LogP contribution in [0.4, 0.5) is 29.1 Å². The van der Waals surface area contributed by atoms with Gasteiger partial charge < -0.3 is 5.32 Å². The van der Waals surface area contributed by atoms with Crippen molar-refractivity contribution in [3.63, 3.8) is 0 Å². The highest BCUT2D eigenvalue weighted by molar-refractivity contribution is 9.10. The summed E-state index contributed by atoms with van der Waals surface area (Å²) in [6.45, 7) is 0. The van der Waals surface area contributed by atoms with Crippen molar-refractivity contribution < 1.29 is 17.6 Å². The maximum absolute atomic E-state index is 13.5. The minimum absolute atomic E-state index is 0.0396. The molecule has 1 N–H and O–H groups in total. The summed E-state index contributed by atoms with van der Waals surface area (Å²) in [5, 5.41) is 2.03. The van der Waals surface area contributed by atoms with Crippen LogP contribution in [-0.2, 0) is 6.18 Å². The van der Waals surface area contributed by atoms with Crippen LogP contribution in [0.1, 0.15) is 5.82 Å². The standard InChI is InChI=1S/C11H5BrClF4N3/c12-5-1-2-6(14)7(3-5)18-9-4-8(13)19-10(20-9)11(15,16)17/h1-4H,(H,18,19,20). The zero-order valence-electron chi connectivity index (χ0n) is 9.47. The summed E-state index contributed by atoms with van der Waals surface area (Å²) < 4.78 is 51.7. The minimum atomic E-state index is -4.74. The molecule has 0 fully saturated rings. The van der Waals surface area contributed by atoms with E-state index in [4.69, 9.17) is 11.6 Å². The second kappa shape index (κ2) is 5.53. The maximum atomic E-state index is 13.5. The SMILES string of the molecule is Fc1ccc(Br)cc1Nc1cc(Cl)nc(C(F)(F)F)n1. The quantitative estimate of drug-likeness (QED) is 0.610. The van der Waals surface area contributed by atoms with Gasteiger partial charge in [-0.1, -0.05) is 27.5 Å². The number of alkyl halides is 3. The predicted octanol–water partition coefficient (Wildman–Crippen LogP) is 4.79. The Labute approximate surface area is 124 Å². The Morgan fingerprint density at radius 3 is 2.50 bits per heavy atom. The first-order valence-electron chi connectivity index (χ1n) is 5.09. The molecule has 0 aliphatic heterocycles. The lowest BCUT2D eigenvalue weighted by Crippen LogP contribution is -2.12. The number of hydrogen-bond donors (Lipinski definition) is 1. The van der Waals surface area contributed by atoms with Gasteiger partial charge in [0.25, 0.3) is 0 Å². The van der Waals surface area contributed by atoms with Gasteiger partial charge in [-0.3, -0.25) is 0 Å². The fraction of sp³-hybridized carbons (Fsp3) is 0.0909. The Morgan fingerprint density at radius 2 is 1.85 bits per heavy atom. The average molecular weight is 371 g/mol. The largest absolute Gasteiger partial charge is 0.451 e. The molecule has 0 aliphatic rings. The molecule has 20 heavy (non-hydrogen) atoms. The van der Waals surface area contributed by atoms with Gasteiger partial charge in [-0.15, -0.1) is 0 Å². The molecule has 0 spiro atoms. The smallest absolute Gasteiger partial charge is 0.338 e. The molecule has 1 aromatic carbocycles. The highest BCUT2D eigenvalue weighted by Crippen LogP contribution is 2.30. The Kier molecular flexibility index (Phi) is 4.14. The van der Waals surface area contributed by atoms with Gasteiger partial charge in [0.1, 0.15) is 16.8 Å². The zero-order chi connectivity index (χ0) is 14.9. The van der Waals surface area contributed by atoms with Crippen LogP contribution in [0.2, 0.25) is 5.15 Å². The Morgan fingerprint density at radius 1 is 1.15 bits per heavy atom. The number of anilines is 2. The van der Waals surface area contributed by atoms with Gasteiger partial charge in [-0.2, -0.15) is 13.2 Å². The lowest BCUT2D eigenvalue weighted by Gasteiger charge is -2.10. The molecule has 1 aromatic heterocycles. The summed E-state index contributed by atoms with van der Waals surface area (Å²) in [6, 6.07) is 5.03. The molecule has 1 heterocycles. The molecule has 2 aromatic rings. The minimum Gasteiger partial charge on any atom is -0.338 e. The summed E-state index contributed by atoms with van der Waals surface area (Å²) in [4.78, 5) is 6.33. The normalized spacial score (nSPS) is 11.5. The molecule has 0 saturated heterocycles. The van der Waals surface area contributed by atoms with Crippen LogP contribution in [0.5, 0.6) is 0 Å². The zero-order valence-corrected chi connectivity index (χ0v) is 11.8. The van der Waals surface area contributed by atoms with Gasteiger partial charge in [0.2, 0.25) is 5.82 Å². The van der Waals surface area contributed by atoms with Crippen molar-refractivity contribution in [1.29, 1.82) is 0 Å². The summed E-state index contributed by atoms with van der Waals surface area (Å²) in [5.74, 6) is -2.30. The third-order valence-electron chi connectivity index (χ3n) is 2.14. The van der Waals surface area contributed by atoms with Gasteiger partial charge in [-0.05, 0) is 18.2 Å². The monoisotopic (exact) mass is 369 g/mol. The van der Waals surface area contributed by atoms with E-state index in [9.17, 15) is 17.6 Å². The first kappa shape index (κ1) is 15.0. The number of nitrogens with one attached hydrogen (secondary N) is 1. The van der Waals surface area contributed by atoms with E-state index in [0.29, 0.717) is 4.47 Å². The number of nitrogens with zero attached hydrogens (tertiary/aromatic N) is 2. The van der Waals surface area contributed by atoms with Crippen molar-refractivity contribution in [1.82, 2.24) is 9.97 Å². The highest BCUT2D eigenvalue weighted by Gasteiger charge is 2.35. The maximum Gasteiger partial charge on any atom is 0.451 e. The molecule has 106 valence electrons. The number of hydrogen-bond acceptors (Lipinski definition) is 3. The van der Waals surface area contributed by atoms with Crippen LogP contribution in [0.15, 0.2) is 28.7 Å². The Hall–Kier alpha value is -1.41. The molecule has 3 nitrogen and oxygen atoms in total. The fourth-order valence-electron chi connectivity index (χ4n) is 1.34. The van der Waals surface area contributed by atoms with E-state index in [1.54, 1.807) is 0 Å². The number of benzene rings is 1. The van der Waals surface area contributed by atoms with Crippen molar-refractivity contribution in [2.24, 2.45) is 0 Å². The molecule has 9 heteroatoms. The van der Waals surface area contributed by atoms with E-state index in [1.807, 2.05) is 0 Å². The van der Waals surface area contributed by atoms with Gasteiger partial charge >= 0.3 is 6.18 Å². The van der Waals surface area contributed by atoms with E-state index < -0.39 is 23.0 Å². The Balaban J connectivity index is 2.39. The number of halogens is 6. The third-order valence-corrected chi connectivity index (χ3v) is 2.83. The van der Waals surface area contributed by atoms with E-state index in [0.717, 1.165) is 12.1 Å². The molecule has 0 radical (unpaired) electrons. The van der Waals surface area contributed by atoms with Gasteiger partial charge in [0.15, 0.2) is 0 Å². The molecule has 0 amide bonds. The average Bonchev–Trinajstić information content (AvgIpc) is 2.32. The summed E-state index contributed by atoms with van der Waals surface area (Å²) >= 11 is 8.62. The van der Waals surface area contributed by atoms with Crippen molar-refractivity contribution in [3.8, 4) is 0 Å². The third kappa shape index (κ3) is 3.57.